The van der Waals surface area contributed by atoms with E-state index in [9.17, 15) is 10.1 Å². The number of benzene rings is 1. The Bertz CT molecular complexity index is 559. The Labute approximate surface area is 91.0 Å². The molecule has 16 heavy (non-hydrogen) atoms. The highest BCUT2D eigenvalue weighted by Gasteiger charge is 2.24. The second kappa shape index (κ2) is 3.19. The van der Waals surface area contributed by atoms with Crippen LogP contribution in [-0.2, 0) is 0 Å². The number of hydrogen-bond donors (Lipinski definition) is 1. The van der Waals surface area contributed by atoms with Gasteiger partial charge in [-0.1, -0.05) is 0 Å². The first-order valence-corrected chi connectivity index (χ1v) is 5.12. The summed E-state index contributed by atoms with van der Waals surface area (Å²) in [5.74, 6) is 0. The monoisotopic (exact) mass is 218 g/mol. The van der Waals surface area contributed by atoms with Crippen molar-refractivity contribution in [1.29, 1.82) is 0 Å². The molecule has 0 unspecified atom stereocenters. The minimum Gasteiger partial charge on any atom is -0.366 e. The lowest BCUT2D eigenvalue weighted by Crippen LogP contribution is -2.37. The van der Waals surface area contributed by atoms with Crippen molar-refractivity contribution in [2.75, 3.05) is 18.0 Å². The third-order valence-electron chi connectivity index (χ3n) is 2.93. The van der Waals surface area contributed by atoms with Gasteiger partial charge in [0, 0.05) is 24.5 Å². The molecule has 0 bridgehead atoms. The van der Waals surface area contributed by atoms with Crippen molar-refractivity contribution in [2.45, 2.75) is 6.42 Å². The molecule has 1 N–H and O–H groups in total. The summed E-state index contributed by atoms with van der Waals surface area (Å²) in [5.41, 5.74) is 1.69. The van der Waals surface area contributed by atoms with Crippen LogP contribution in [0.3, 0.4) is 0 Å². The van der Waals surface area contributed by atoms with Crippen molar-refractivity contribution >= 4 is 22.3 Å². The van der Waals surface area contributed by atoms with E-state index in [1.54, 1.807) is 18.3 Å². The first kappa shape index (κ1) is 9.14. The second-order valence-corrected chi connectivity index (χ2v) is 3.90. The predicted molar refractivity (Wildman–Crippen MR) is 59.6 cm³/mol. The topological polar surface area (TPSA) is 75.1 Å². The first-order chi connectivity index (χ1) is 7.75. The van der Waals surface area contributed by atoms with Crippen molar-refractivity contribution in [3.8, 4) is 0 Å². The molecule has 3 rings (SSSR count). The number of nitrogens with zero attached hydrogens (tertiary/aromatic N) is 3. The minimum atomic E-state index is -0.333. The number of nitro groups is 1. The summed E-state index contributed by atoms with van der Waals surface area (Å²) in [6.07, 6.45) is 2.69. The van der Waals surface area contributed by atoms with E-state index < -0.39 is 0 Å². The van der Waals surface area contributed by atoms with Crippen LogP contribution in [0.25, 0.3) is 10.9 Å². The summed E-state index contributed by atoms with van der Waals surface area (Å²) in [6.45, 7) is 1.78. The van der Waals surface area contributed by atoms with Crippen LogP contribution in [0.1, 0.15) is 6.42 Å². The maximum atomic E-state index is 11.0. The highest BCUT2D eigenvalue weighted by Crippen LogP contribution is 2.34. The van der Waals surface area contributed by atoms with E-state index in [0.717, 1.165) is 30.4 Å². The molecule has 0 aliphatic carbocycles. The van der Waals surface area contributed by atoms with Crippen LogP contribution in [0.2, 0.25) is 0 Å². The number of hydrogen-bond acceptors (Lipinski definition) is 4. The van der Waals surface area contributed by atoms with E-state index in [1.165, 1.54) is 0 Å². The molecule has 6 nitrogen and oxygen atoms in total. The van der Waals surface area contributed by atoms with E-state index >= 15 is 0 Å². The van der Waals surface area contributed by atoms with Gasteiger partial charge < -0.3 is 4.90 Å². The quantitative estimate of drug-likeness (QED) is 0.614. The van der Waals surface area contributed by atoms with Crippen LogP contribution in [0.5, 0.6) is 0 Å². The molecule has 1 aliphatic heterocycles. The third-order valence-corrected chi connectivity index (χ3v) is 2.93. The first-order valence-electron chi connectivity index (χ1n) is 5.12. The van der Waals surface area contributed by atoms with Crippen molar-refractivity contribution in [1.82, 2.24) is 10.2 Å². The van der Waals surface area contributed by atoms with E-state index in [2.05, 4.69) is 10.2 Å². The van der Waals surface area contributed by atoms with Gasteiger partial charge in [-0.3, -0.25) is 15.2 Å². The van der Waals surface area contributed by atoms with Gasteiger partial charge in [-0.2, -0.15) is 5.10 Å². The molecule has 0 radical (unpaired) electrons. The minimum absolute atomic E-state index is 0.161. The molecule has 2 heterocycles. The summed E-state index contributed by atoms with van der Waals surface area (Å²) >= 11 is 0. The van der Waals surface area contributed by atoms with Gasteiger partial charge in [-0.15, -0.1) is 0 Å². The van der Waals surface area contributed by atoms with Crippen LogP contribution < -0.4 is 4.90 Å². The molecule has 82 valence electrons. The molecule has 0 amide bonds. The molecule has 0 atom stereocenters. The van der Waals surface area contributed by atoms with Crippen molar-refractivity contribution in [2.24, 2.45) is 0 Å². The van der Waals surface area contributed by atoms with Crippen LogP contribution in [0, 0.1) is 10.1 Å². The molecule has 1 saturated heterocycles. The van der Waals surface area contributed by atoms with Gasteiger partial charge in [0.25, 0.3) is 5.69 Å². The van der Waals surface area contributed by atoms with E-state index in [1.807, 2.05) is 4.90 Å². The molecule has 1 aromatic heterocycles. The fourth-order valence-corrected chi connectivity index (χ4v) is 1.92. The van der Waals surface area contributed by atoms with E-state index in [0.29, 0.717) is 5.69 Å². The lowest BCUT2D eigenvalue weighted by atomic mass is 10.1. The fraction of sp³-hybridized carbons (Fsp3) is 0.300. The van der Waals surface area contributed by atoms with Gasteiger partial charge in [0.05, 0.1) is 16.6 Å². The summed E-state index contributed by atoms with van der Waals surface area (Å²) in [4.78, 5) is 12.7. The molecule has 0 saturated carbocycles. The summed E-state index contributed by atoms with van der Waals surface area (Å²) in [7, 11) is 0. The Morgan fingerprint density at radius 3 is 2.88 bits per heavy atom. The number of aromatic amines is 1. The van der Waals surface area contributed by atoms with Crippen molar-refractivity contribution in [3.05, 3.63) is 28.4 Å². The Kier molecular flexibility index (Phi) is 1.82. The number of aromatic nitrogens is 2. The van der Waals surface area contributed by atoms with Gasteiger partial charge in [0.15, 0.2) is 0 Å². The average molecular weight is 218 g/mol. The average Bonchev–Trinajstić information content (AvgIpc) is 2.60. The molecule has 1 aromatic carbocycles. The van der Waals surface area contributed by atoms with E-state index in [4.69, 9.17) is 0 Å². The summed E-state index contributed by atoms with van der Waals surface area (Å²) < 4.78 is 0. The zero-order chi connectivity index (χ0) is 11.1. The third kappa shape index (κ3) is 1.23. The van der Waals surface area contributed by atoms with Crippen LogP contribution in [0.15, 0.2) is 18.3 Å². The van der Waals surface area contributed by atoms with Crippen LogP contribution in [0.4, 0.5) is 11.4 Å². The number of anilines is 1. The second-order valence-electron chi connectivity index (χ2n) is 3.90. The molecule has 2 aromatic rings. The number of nitrogens with one attached hydrogen (secondary N) is 1. The molecule has 1 fully saturated rings. The standard InChI is InChI=1S/C10H10N4O2/c15-14(16)10-4-7-6-11-12-8(7)5-9(10)13-2-1-3-13/h4-6H,1-3H2,(H,11,12). The van der Waals surface area contributed by atoms with Gasteiger partial charge in [-0.05, 0) is 12.5 Å². The maximum Gasteiger partial charge on any atom is 0.293 e. The number of nitro benzene ring substituents is 1. The molecular weight excluding hydrogens is 208 g/mol. The lowest BCUT2D eigenvalue weighted by Gasteiger charge is -2.32. The van der Waals surface area contributed by atoms with Crippen LogP contribution >= 0.6 is 0 Å². The summed E-state index contributed by atoms with van der Waals surface area (Å²) in [5, 5.41) is 18.5. The van der Waals surface area contributed by atoms with Crippen molar-refractivity contribution in [3.63, 3.8) is 0 Å². The molecule has 0 spiro atoms. The maximum absolute atomic E-state index is 11.0. The molecule has 1 aliphatic rings. The normalized spacial score (nSPS) is 15.1. The number of rotatable bonds is 2. The van der Waals surface area contributed by atoms with Gasteiger partial charge in [0.1, 0.15) is 5.69 Å². The largest absolute Gasteiger partial charge is 0.366 e. The highest BCUT2D eigenvalue weighted by molar-refractivity contribution is 5.87. The van der Waals surface area contributed by atoms with E-state index in [-0.39, 0.29) is 10.6 Å². The Hall–Kier alpha value is -2.11. The zero-order valence-electron chi connectivity index (χ0n) is 8.51. The molecule has 6 heteroatoms. The van der Waals surface area contributed by atoms with Crippen molar-refractivity contribution < 1.29 is 4.92 Å². The Balaban J connectivity index is 2.21. The molecular formula is C10H10N4O2. The number of H-pyrrole nitrogens is 1. The fourth-order valence-electron chi connectivity index (χ4n) is 1.92. The Morgan fingerprint density at radius 1 is 1.44 bits per heavy atom. The smallest absolute Gasteiger partial charge is 0.293 e. The van der Waals surface area contributed by atoms with Gasteiger partial charge in [-0.25, -0.2) is 0 Å². The Morgan fingerprint density at radius 2 is 2.25 bits per heavy atom. The predicted octanol–water partition coefficient (Wildman–Crippen LogP) is 1.68. The highest BCUT2D eigenvalue weighted by atomic mass is 16.6. The number of fused-ring (bicyclic) bond motifs is 1. The lowest BCUT2D eigenvalue weighted by molar-refractivity contribution is -0.384. The zero-order valence-corrected chi connectivity index (χ0v) is 8.51. The SMILES string of the molecule is O=[N+]([O-])c1cc2cn[nH]c2cc1N1CCC1. The van der Waals surface area contributed by atoms with Gasteiger partial charge in [0.2, 0.25) is 0 Å². The van der Waals surface area contributed by atoms with Crippen LogP contribution in [-0.4, -0.2) is 28.2 Å². The summed E-state index contributed by atoms with van der Waals surface area (Å²) in [6, 6.07) is 3.38. The van der Waals surface area contributed by atoms with Gasteiger partial charge >= 0.3 is 0 Å².